The van der Waals surface area contributed by atoms with Crippen LogP contribution in [0.25, 0.3) is 0 Å². The van der Waals surface area contributed by atoms with Gasteiger partial charge >= 0.3 is 0 Å². The van der Waals surface area contributed by atoms with Gasteiger partial charge in [-0.25, -0.2) is 0 Å². The number of nitrogens with zero attached hydrogens (tertiary/aromatic N) is 5. The van der Waals surface area contributed by atoms with Crippen LogP contribution in [0.4, 0.5) is 11.4 Å². The number of halogens is 1. The maximum atomic E-state index is 13.1. The summed E-state index contributed by atoms with van der Waals surface area (Å²) in [6, 6.07) is 11.0. The van der Waals surface area contributed by atoms with Crippen molar-refractivity contribution in [2.24, 2.45) is 5.92 Å². The Morgan fingerprint density at radius 1 is 1.18 bits per heavy atom. The SMILES string of the molecule is CC(C)(C(=O)Nc1ccc(Cl)c(C#N)c1)n1cc(C#CC2CN(c3ccc4c(c3)C(O)N(C3CCC(=O)NC3=O)C4=O)C2)cn1. The van der Waals surface area contributed by atoms with Crippen LogP contribution in [0.2, 0.25) is 5.02 Å². The van der Waals surface area contributed by atoms with E-state index >= 15 is 0 Å². The van der Waals surface area contributed by atoms with Crippen LogP contribution in [0.5, 0.6) is 0 Å². The molecule has 45 heavy (non-hydrogen) atoms. The number of rotatable bonds is 5. The summed E-state index contributed by atoms with van der Waals surface area (Å²) >= 11 is 5.99. The molecule has 12 nitrogen and oxygen atoms in total. The average Bonchev–Trinajstić information content (AvgIpc) is 3.56. The molecule has 1 aromatic heterocycles. The molecule has 2 fully saturated rings. The Morgan fingerprint density at radius 2 is 1.96 bits per heavy atom. The number of aromatic nitrogens is 2. The van der Waals surface area contributed by atoms with Gasteiger partial charge in [-0.2, -0.15) is 10.4 Å². The van der Waals surface area contributed by atoms with Gasteiger partial charge in [-0.3, -0.25) is 34.1 Å². The number of piperidine rings is 1. The summed E-state index contributed by atoms with van der Waals surface area (Å²) in [6.45, 7) is 4.73. The quantitative estimate of drug-likeness (QED) is 0.288. The Hall–Kier alpha value is -5.17. The topological polar surface area (TPSA) is 161 Å². The zero-order valence-electron chi connectivity index (χ0n) is 24.4. The molecular formula is C32H28ClN7O5. The highest BCUT2D eigenvalue weighted by molar-refractivity contribution is 6.31. The highest BCUT2D eigenvalue weighted by Gasteiger charge is 2.44. The van der Waals surface area contributed by atoms with Crippen LogP contribution in [-0.4, -0.2) is 62.5 Å². The molecule has 2 unspecified atom stereocenters. The second-order valence-electron chi connectivity index (χ2n) is 11.7. The Kier molecular flexibility index (Phi) is 7.57. The molecular weight excluding hydrogens is 598 g/mol. The number of nitrogens with one attached hydrogen (secondary N) is 2. The van der Waals surface area contributed by atoms with Crippen molar-refractivity contribution in [3.63, 3.8) is 0 Å². The number of amides is 4. The largest absolute Gasteiger partial charge is 0.369 e. The van der Waals surface area contributed by atoms with Crippen LogP contribution in [0.1, 0.15) is 60.0 Å². The molecule has 3 aliphatic rings. The number of benzene rings is 2. The second-order valence-corrected chi connectivity index (χ2v) is 12.1. The van der Waals surface area contributed by atoms with E-state index in [1.807, 2.05) is 12.1 Å². The van der Waals surface area contributed by atoms with Gasteiger partial charge in [0.15, 0.2) is 6.23 Å². The Morgan fingerprint density at radius 3 is 2.69 bits per heavy atom. The molecule has 2 saturated heterocycles. The number of carbonyl (C=O) groups excluding carboxylic acids is 4. The number of anilines is 2. The third-order valence-corrected chi connectivity index (χ3v) is 8.64. The lowest BCUT2D eigenvalue weighted by Gasteiger charge is -2.38. The molecule has 0 radical (unpaired) electrons. The van der Waals surface area contributed by atoms with E-state index < -0.39 is 29.6 Å². The maximum absolute atomic E-state index is 13.1. The standard InChI is InChI=1S/C32H28ClN7O5/c1-32(2,31(45)36-21-5-8-25(33)20(11-21)13-34)39-17-18(14-35-39)3-4-19-15-38(16-19)22-6-7-23-24(12-22)30(44)40(29(23)43)26-9-10-27(41)37-28(26)42/h5-8,11-12,14,17,19,26,30,44H,9-10,15-16H2,1-2H3,(H,36,45)(H,37,41,42). The molecule has 0 bridgehead atoms. The smallest absolute Gasteiger partial charge is 0.257 e. The van der Waals surface area contributed by atoms with Crippen LogP contribution in [0.15, 0.2) is 48.8 Å². The summed E-state index contributed by atoms with van der Waals surface area (Å²) in [5.74, 6) is 4.71. The fraction of sp³-hybridized carbons (Fsp3) is 0.312. The summed E-state index contributed by atoms with van der Waals surface area (Å²) in [6.07, 6.45) is 2.30. The molecule has 228 valence electrons. The van der Waals surface area contributed by atoms with E-state index in [1.54, 1.807) is 50.5 Å². The number of hydrogen-bond acceptors (Lipinski definition) is 8. The first-order chi connectivity index (χ1) is 21.5. The minimum Gasteiger partial charge on any atom is -0.369 e. The summed E-state index contributed by atoms with van der Waals surface area (Å²) in [4.78, 5) is 53.2. The molecule has 2 atom stereocenters. The molecule has 0 saturated carbocycles. The maximum Gasteiger partial charge on any atom is 0.257 e. The minimum atomic E-state index is -1.28. The number of imide groups is 1. The Balaban J connectivity index is 1.07. The van der Waals surface area contributed by atoms with E-state index in [-0.39, 0.29) is 36.1 Å². The van der Waals surface area contributed by atoms with E-state index in [9.17, 15) is 29.5 Å². The van der Waals surface area contributed by atoms with Crippen LogP contribution in [-0.2, 0) is 19.9 Å². The lowest BCUT2D eigenvalue weighted by molar-refractivity contribution is -0.139. The van der Waals surface area contributed by atoms with Crippen molar-refractivity contribution >= 4 is 46.6 Å². The first-order valence-corrected chi connectivity index (χ1v) is 14.6. The van der Waals surface area contributed by atoms with Gasteiger partial charge in [0.05, 0.1) is 28.3 Å². The molecule has 4 heterocycles. The van der Waals surface area contributed by atoms with Gasteiger partial charge in [-0.15, -0.1) is 0 Å². The number of nitriles is 1. The number of fused-ring (bicyclic) bond motifs is 1. The molecule has 3 aromatic rings. The summed E-state index contributed by atoms with van der Waals surface area (Å²) in [5, 5.41) is 29.9. The predicted molar refractivity (Wildman–Crippen MR) is 163 cm³/mol. The van der Waals surface area contributed by atoms with Crippen LogP contribution >= 0.6 is 11.6 Å². The van der Waals surface area contributed by atoms with Crippen LogP contribution < -0.4 is 15.5 Å². The zero-order valence-corrected chi connectivity index (χ0v) is 25.1. The van der Waals surface area contributed by atoms with Gasteiger partial charge in [0.1, 0.15) is 17.6 Å². The van der Waals surface area contributed by atoms with Crippen molar-refractivity contribution in [2.75, 3.05) is 23.3 Å². The molecule has 4 amide bonds. The van der Waals surface area contributed by atoms with Gasteiger partial charge in [0, 0.05) is 48.2 Å². The lowest BCUT2D eigenvalue weighted by atomic mass is 9.98. The monoisotopic (exact) mass is 625 g/mol. The van der Waals surface area contributed by atoms with Crippen molar-refractivity contribution in [2.45, 2.75) is 44.5 Å². The molecule has 0 aliphatic carbocycles. The molecule has 0 spiro atoms. The van der Waals surface area contributed by atoms with E-state index in [1.165, 1.54) is 10.7 Å². The summed E-state index contributed by atoms with van der Waals surface area (Å²) in [5.41, 5.74) is 1.91. The number of aliphatic hydroxyl groups is 1. The fourth-order valence-corrected chi connectivity index (χ4v) is 5.71. The van der Waals surface area contributed by atoms with Gasteiger partial charge in [0.2, 0.25) is 11.8 Å². The van der Waals surface area contributed by atoms with Crippen LogP contribution in [0.3, 0.4) is 0 Å². The summed E-state index contributed by atoms with van der Waals surface area (Å²) in [7, 11) is 0. The van der Waals surface area contributed by atoms with Crippen molar-refractivity contribution in [3.05, 3.63) is 76.1 Å². The summed E-state index contributed by atoms with van der Waals surface area (Å²) < 4.78 is 1.54. The predicted octanol–water partition coefficient (Wildman–Crippen LogP) is 2.52. The van der Waals surface area contributed by atoms with Crippen molar-refractivity contribution in [1.82, 2.24) is 20.0 Å². The number of aliphatic hydroxyl groups excluding tert-OH is 1. The van der Waals surface area contributed by atoms with Crippen molar-refractivity contribution in [1.29, 1.82) is 5.26 Å². The highest BCUT2D eigenvalue weighted by atomic mass is 35.5. The van der Waals surface area contributed by atoms with Gasteiger partial charge in [0.25, 0.3) is 11.8 Å². The highest BCUT2D eigenvalue weighted by Crippen LogP contribution is 2.38. The average molecular weight is 626 g/mol. The van der Waals surface area contributed by atoms with Gasteiger partial charge < -0.3 is 15.3 Å². The van der Waals surface area contributed by atoms with E-state index in [4.69, 9.17) is 11.6 Å². The van der Waals surface area contributed by atoms with E-state index in [0.717, 1.165) is 10.6 Å². The third kappa shape index (κ3) is 5.50. The normalized spacial score (nSPS) is 19.7. The second kappa shape index (κ2) is 11.4. The molecule has 3 N–H and O–H groups in total. The van der Waals surface area contributed by atoms with Crippen LogP contribution in [0, 0.1) is 29.1 Å². The zero-order chi connectivity index (χ0) is 32.0. The Labute approximate surface area is 263 Å². The first-order valence-electron chi connectivity index (χ1n) is 14.3. The van der Waals surface area contributed by atoms with E-state index in [0.29, 0.717) is 40.5 Å². The van der Waals surface area contributed by atoms with E-state index in [2.05, 4.69) is 32.5 Å². The number of carbonyl (C=O) groups is 4. The van der Waals surface area contributed by atoms with Gasteiger partial charge in [-0.1, -0.05) is 23.4 Å². The molecule has 3 aliphatic heterocycles. The third-order valence-electron chi connectivity index (χ3n) is 8.31. The van der Waals surface area contributed by atoms with Crippen molar-refractivity contribution in [3.8, 4) is 17.9 Å². The first kappa shape index (κ1) is 29.9. The molecule has 13 heteroatoms. The fourth-order valence-electron chi connectivity index (χ4n) is 5.55. The lowest BCUT2D eigenvalue weighted by Crippen LogP contribution is -2.53. The molecule has 6 rings (SSSR count). The van der Waals surface area contributed by atoms with Gasteiger partial charge in [-0.05, 0) is 56.7 Å². The Bertz CT molecular complexity index is 1860. The molecule has 2 aromatic carbocycles. The minimum absolute atomic E-state index is 0.0728. The number of hydrogen-bond donors (Lipinski definition) is 3. The van der Waals surface area contributed by atoms with Crippen molar-refractivity contribution < 1.29 is 24.3 Å².